The molecule has 0 aliphatic rings. The van der Waals surface area contributed by atoms with Crippen molar-refractivity contribution in [3.63, 3.8) is 0 Å². The lowest BCUT2D eigenvalue weighted by atomic mass is 10.2. The first-order valence-electron chi connectivity index (χ1n) is 5.94. The number of phenolic OH excluding ortho intramolecular Hbond substituents is 2. The normalized spacial score (nSPS) is 9.95. The first kappa shape index (κ1) is 14.8. The number of rotatable bonds is 6. The number of carbonyl (C=O) groups excluding carboxylic acids is 2. The van der Waals surface area contributed by atoms with Gasteiger partial charge in [0.2, 0.25) is 0 Å². The van der Waals surface area contributed by atoms with Gasteiger partial charge in [0.1, 0.15) is 0 Å². The molecule has 1 amide bonds. The van der Waals surface area contributed by atoms with E-state index in [-0.39, 0.29) is 28.9 Å². The lowest BCUT2D eigenvalue weighted by Gasteiger charge is -2.06. The van der Waals surface area contributed by atoms with E-state index in [4.69, 9.17) is 9.84 Å². The summed E-state index contributed by atoms with van der Waals surface area (Å²) in [6.07, 6.45) is 1.35. The van der Waals surface area contributed by atoms with Gasteiger partial charge in [-0.25, -0.2) is 0 Å². The zero-order chi connectivity index (χ0) is 14.3. The molecule has 1 rings (SSSR count). The molecule has 0 aliphatic carbocycles. The Labute approximate surface area is 111 Å². The van der Waals surface area contributed by atoms with Crippen LogP contribution >= 0.6 is 0 Å². The van der Waals surface area contributed by atoms with Gasteiger partial charge < -0.3 is 20.3 Å². The number of esters is 1. The molecule has 19 heavy (non-hydrogen) atoms. The number of unbranched alkanes of at least 4 members (excludes halogenated alkanes) is 1. The molecule has 0 spiro atoms. The molecule has 0 bridgehead atoms. The molecule has 0 saturated carbocycles. The van der Waals surface area contributed by atoms with Gasteiger partial charge in [0.25, 0.3) is 5.91 Å². The average Bonchev–Trinajstić information content (AvgIpc) is 2.36. The van der Waals surface area contributed by atoms with Crippen LogP contribution in [0.25, 0.3) is 0 Å². The molecule has 0 unspecified atom stereocenters. The van der Waals surface area contributed by atoms with E-state index in [2.05, 4.69) is 5.32 Å². The van der Waals surface area contributed by atoms with Gasteiger partial charge in [-0.3, -0.25) is 9.59 Å². The number of carbonyl (C=O) groups is 2. The molecule has 6 nitrogen and oxygen atoms in total. The van der Waals surface area contributed by atoms with E-state index in [0.29, 0.717) is 26.0 Å². The van der Waals surface area contributed by atoms with Crippen molar-refractivity contribution in [1.29, 1.82) is 0 Å². The third-order valence-electron chi connectivity index (χ3n) is 2.40. The molecule has 0 heterocycles. The lowest BCUT2D eigenvalue weighted by Crippen LogP contribution is -2.24. The molecular weight excluding hydrogens is 250 g/mol. The molecule has 1 aromatic rings. The van der Waals surface area contributed by atoms with Crippen molar-refractivity contribution in [3.05, 3.63) is 23.8 Å². The molecule has 104 valence electrons. The van der Waals surface area contributed by atoms with Gasteiger partial charge >= 0.3 is 5.97 Å². The largest absolute Gasteiger partial charge is 0.504 e. The molecule has 6 heteroatoms. The Morgan fingerprint density at radius 2 is 1.95 bits per heavy atom. The Morgan fingerprint density at radius 3 is 2.58 bits per heavy atom. The van der Waals surface area contributed by atoms with E-state index in [1.807, 2.05) is 0 Å². The van der Waals surface area contributed by atoms with Crippen LogP contribution in [-0.2, 0) is 9.53 Å². The summed E-state index contributed by atoms with van der Waals surface area (Å²) in [5.74, 6) is -1.24. The van der Waals surface area contributed by atoms with Gasteiger partial charge in [-0.2, -0.15) is 0 Å². The molecule has 0 fully saturated rings. The summed E-state index contributed by atoms with van der Waals surface area (Å²) in [5.41, 5.74) is 0.273. The van der Waals surface area contributed by atoms with Crippen LogP contribution in [0, 0.1) is 0 Å². The van der Waals surface area contributed by atoms with Gasteiger partial charge in [-0.1, -0.05) is 0 Å². The molecule has 0 atom stereocenters. The SMILES string of the molecule is CC(=O)OCCCCNC(=O)c1ccc(O)c(O)c1. The standard InChI is InChI=1S/C13H17NO5/c1-9(15)19-7-3-2-6-14-13(18)10-4-5-11(16)12(17)8-10/h4-5,8,16-17H,2-3,6-7H2,1H3,(H,14,18). The highest BCUT2D eigenvalue weighted by molar-refractivity contribution is 5.94. The molecule has 0 aliphatic heterocycles. The molecule has 0 saturated heterocycles. The number of benzene rings is 1. The Morgan fingerprint density at radius 1 is 1.21 bits per heavy atom. The van der Waals surface area contributed by atoms with Gasteiger partial charge in [-0.05, 0) is 31.0 Å². The maximum Gasteiger partial charge on any atom is 0.302 e. The van der Waals surface area contributed by atoms with Crippen LogP contribution in [0.4, 0.5) is 0 Å². The highest BCUT2D eigenvalue weighted by Crippen LogP contribution is 2.24. The fourth-order valence-electron chi connectivity index (χ4n) is 1.41. The number of phenols is 2. The molecule has 0 aromatic heterocycles. The van der Waals surface area contributed by atoms with E-state index in [1.54, 1.807) is 0 Å². The van der Waals surface area contributed by atoms with Crippen molar-refractivity contribution in [2.45, 2.75) is 19.8 Å². The summed E-state index contributed by atoms with van der Waals surface area (Å²) < 4.78 is 4.75. The smallest absolute Gasteiger partial charge is 0.302 e. The predicted molar refractivity (Wildman–Crippen MR) is 68.0 cm³/mol. The van der Waals surface area contributed by atoms with Crippen LogP contribution in [-0.4, -0.2) is 35.2 Å². The van der Waals surface area contributed by atoms with Crippen LogP contribution < -0.4 is 5.32 Å². The fraction of sp³-hybridized carbons (Fsp3) is 0.385. The topological polar surface area (TPSA) is 95.9 Å². The van der Waals surface area contributed by atoms with Crippen LogP contribution in [0.1, 0.15) is 30.1 Å². The van der Waals surface area contributed by atoms with E-state index >= 15 is 0 Å². The number of hydrogen-bond acceptors (Lipinski definition) is 5. The van der Waals surface area contributed by atoms with E-state index < -0.39 is 0 Å². The maximum absolute atomic E-state index is 11.7. The number of amides is 1. The summed E-state index contributed by atoms with van der Waals surface area (Å²) in [7, 11) is 0. The van der Waals surface area contributed by atoms with Crippen LogP contribution in [0.15, 0.2) is 18.2 Å². The zero-order valence-corrected chi connectivity index (χ0v) is 10.7. The van der Waals surface area contributed by atoms with E-state index in [1.165, 1.54) is 25.1 Å². The highest BCUT2D eigenvalue weighted by Gasteiger charge is 2.07. The summed E-state index contributed by atoms with van der Waals surface area (Å²) in [5, 5.41) is 21.0. The predicted octanol–water partition coefficient (Wildman–Crippen LogP) is 1.17. The van der Waals surface area contributed by atoms with Crippen LogP contribution in [0.5, 0.6) is 11.5 Å². The van der Waals surface area contributed by atoms with Crippen LogP contribution in [0.2, 0.25) is 0 Å². The van der Waals surface area contributed by atoms with Crippen molar-refractivity contribution in [1.82, 2.24) is 5.32 Å². The number of hydrogen-bond donors (Lipinski definition) is 3. The van der Waals surface area contributed by atoms with E-state index in [9.17, 15) is 14.7 Å². The van der Waals surface area contributed by atoms with Gasteiger partial charge in [-0.15, -0.1) is 0 Å². The minimum Gasteiger partial charge on any atom is -0.504 e. The minimum atomic E-state index is -0.331. The molecule has 1 aromatic carbocycles. The van der Waals surface area contributed by atoms with Crippen LogP contribution in [0.3, 0.4) is 0 Å². The second-order valence-corrected chi connectivity index (χ2v) is 4.01. The van der Waals surface area contributed by atoms with Crippen molar-refractivity contribution in [2.24, 2.45) is 0 Å². The first-order chi connectivity index (χ1) is 9.00. The van der Waals surface area contributed by atoms with Gasteiger partial charge in [0, 0.05) is 19.0 Å². The number of aromatic hydroxyl groups is 2. The fourth-order valence-corrected chi connectivity index (χ4v) is 1.41. The van der Waals surface area contributed by atoms with Gasteiger partial charge in [0.15, 0.2) is 11.5 Å². The first-order valence-corrected chi connectivity index (χ1v) is 5.94. The Balaban J connectivity index is 2.27. The van der Waals surface area contributed by atoms with Crippen molar-refractivity contribution in [2.75, 3.05) is 13.2 Å². The number of ether oxygens (including phenoxy) is 1. The molecule has 0 radical (unpaired) electrons. The summed E-state index contributed by atoms with van der Waals surface area (Å²) in [6.45, 7) is 2.13. The molecular formula is C13H17NO5. The quantitative estimate of drug-likeness (QED) is 0.408. The Kier molecular flexibility index (Phi) is 5.66. The van der Waals surface area contributed by atoms with Crippen molar-refractivity contribution in [3.8, 4) is 11.5 Å². The Hall–Kier alpha value is -2.24. The molecule has 3 N–H and O–H groups in total. The third kappa shape index (κ3) is 5.29. The second-order valence-electron chi connectivity index (χ2n) is 4.01. The monoisotopic (exact) mass is 267 g/mol. The zero-order valence-electron chi connectivity index (χ0n) is 10.7. The maximum atomic E-state index is 11.7. The number of nitrogens with one attached hydrogen (secondary N) is 1. The van der Waals surface area contributed by atoms with Gasteiger partial charge in [0.05, 0.1) is 6.61 Å². The van der Waals surface area contributed by atoms with Crippen molar-refractivity contribution >= 4 is 11.9 Å². The summed E-state index contributed by atoms with van der Waals surface area (Å²) in [4.78, 5) is 22.2. The third-order valence-corrected chi connectivity index (χ3v) is 2.40. The summed E-state index contributed by atoms with van der Waals surface area (Å²) in [6, 6.07) is 3.87. The second kappa shape index (κ2) is 7.25. The highest BCUT2D eigenvalue weighted by atomic mass is 16.5. The average molecular weight is 267 g/mol. The minimum absolute atomic E-state index is 0.266. The lowest BCUT2D eigenvalue weighted by molar-refractivity contribution is -0.141. The van der Waals surface area contributed by atoms with Crippen molar-refractivity contribution < 1.29 is 24.5 Å². The summed E-state index contributed by atoms with van der Waals surface area (Å²) >= 11 is 0. The Bertz CT molecular complexity index is 458. The van der Waals surface area contributed by atoms with E-state index in [0.717, 1.165) is 0 Å².